The van der Waals surface area contributed by atoms with Gasteiger partial charge >= 0.3 is 0 Å². The van der Waals surface area contributed by atoms with E-state index in [9.17, 15) is 0 Å². The molecule has 0 saturated heterocycles. The first kappa shape index (κ1) is 14.1. The zero-order chi connectivity index (χ0) is 12.3. The Bertz CT molecular complexity index is 341. The van der Waals surface area contributed by atoms with E-state index in [1.807, 2.05) is 18.0 Å². The minimum Gasteiger partial charge on any atom is -0.248 e. The smallest absolute Gasteiger partial charge is 0.248 e. The summed E-state index contributed by atoms with van der Waals surface area (Å²) in [6.07, 6.45) is 12.8. The summed E-state index contributed by atoms with van der Waals surface area (Å²) in [6.45, 7) is 1.10. The van der Waals surface area contributed by atoms with Crippen LogP contribution < -0.4 is 4.57 Å². The highest BCUT2D eigenvalue weighted by molar-refractivity contribution is 7.98. The Labute approximate surface area is 108 Å². The zero-order valence-corrected chi connectivity index (χ0v) is 11.4. The lowest BCUT2D eigenvalue weighted by Crippen LogP contribution is -2.36. The van der Waals surface area contributed by atoms with E-state index < -0.39 is 0 Å². The van der Waals surface area contributed by atoms with Gasteiger partial charge in [-0.2, -0.15) is 17.0 Å². The van der Waals surface area contributed by atoms with E-state index in [4.69, 9.17) is 5.26 Å². The van der Waals surface area contributed by atoms with E-state index in [0.29, 0.717) is 6.42 Å². The largest absolute Gasteiger partial charge is 0.255 e. The fourth-order valence-corrected chi connectivity index (χ4v) is 2.26. The number of H-pyrrole nitrogens is 1. The number of nitrogens with one attached hydrogen (secondary N) is 1. The molecule has 0 atom stereocenters. The third kappa shape index (κ3) is 5.78. The number of aromatic amines is 1. The van der Waals surface area contributed by atoms with Gasteiger partial charge in [0, 0.05) is 12.2 Å². The molecule has 4 heteroatoms. The highest BCUT2D eigenvalue weighted by atomic mass is 32.2. The van der Waals surface area contributed by atoms with Crippen molar-refractivity contribution >= 4 is 11.8 Å². The molecule has 17 heavy (non-hydrogen) atoms. The van der Waals surface area contributed by atoms with Crippen LogP contribution in [0.2, 0.25) is 0 Å². The highest BCUT2D eigenvalue weighted by Gasteiger charge is 2.08. The molecule has 0 unspecified atom stereocenters. The van der Waals surface area contributed by atoms with Crippen LogP contribution in [0.5, 0.6) is 0 Å². The summed E-state index contributed by atoms with van der Waals surface area (Å²) in [5, 5.41) is 8.43. The molecular formula is C13H22N3S+. The van der Waals surface area contributed by atoms with Gasteiger partial charge in [0.25, 0.3) is 5.82 Å². The van der Waals surface area contributed by atoms with Crippen LogP contribution in [0.3, 0.4) is 0 Å². The molecule has 0 aliphatic carbocycles. The van der Waals surface area contributed by atoms with E-state index >= 15 is 0 Å². The van der Waals surface area contributed by atoms with Crippen LogP contribution in [0.15, 0.2) is 12.4 Å². The van der Waals surface area contributed by atoms with E-state index in [2.05, 4.69) is 28.1 Å². The lowest BCUT2D eigenvalue weighted by Gasteiger charge is -2.00. The number of hydrogen-bond acceptors (Lipinski definition) is 2. The third-order valence-corrected chi connectivity index (χ3v) is 3.44. The number of imidazole rings is 1. The molecule has 1 heterocycles. The Kier molecular flexibility index (Phi) is 7.57. The lowest BCUT2D eigenvalue weighted by atomic mass is 10.1. The van der Waals surface area contributed by atoms with Gasteiger partial charge < -0.3 is 0 Å². The maximum atomic E-state index is 8.43. The van der Waals surface area contributed by atoms with Crippen LogP contribution in [0.25, 0.3) is 0 Å². The summed E-state index contributed by atoms with van der Waals surface area (Å²) in [7, 11) is 0. The number of aryl methyl sites for hydroxylation is 2. The average Bonchev–Trinajstić information content (AvgIpc) is 2.78. The number of thioether (sulfide) groups is 1. The molecule has 0 aromatic carbocycles. The maximum Gasteiger partial charge on any atom is 0.255 e. The number of hydrogen-bond donors (Lipinski definition) is 1. The van der Waals surface area contributed by atoms with Crippen molar-refractivity contribution in [2.45, 2.75) is 45.1 Å². The van der Waals surface area contributed by atoms with Gasteiger partial charge in [-0.25, -0.2) is 9.55 Å². The van der Waals surface area contributed by atoms with Crippen LogP contribution in [-0.2, 0) is 13.0 Å². The van der Waals surface area contributed by atoms with Gasteiger partial charge in [-0.05, 0) is 25.5 Å². The second kappa shape index (κ2) is 9.12. The Balaban J connectivity index is 2.18. The van der Waals surface area contributed by atoms with Crippen molar-refractivity contribution in [3.8, 4) is 6.07 Å². The van der Waals surface area contributed by atoms with Crippen molar-refractivity contribution in [3.63, 3.8) is 0 Å². The molecule has 0 fully saturated rings. The van der Waals surface area contributed by atoms with Gasteiger partial charge in [0.1, 0.15) is 12.4 Å². The Morgan fingerprint density at radius 3 is 2.94 bits per heavy atom. The van der Waals surface area contributed by atoms with Gasteiger partial charge in [0.15, 0.2) is 0 Å². The Morgan fingerprint density at radius 1 is 1.35 bits per heavy atom. The first-order valence-corrected chi connectivity index (χ1v) is 7.69. The van der Waals surface area contributed by atoms with Crippen LogP contribution in [0, 0.1) is 11.3 Å². The summed E-state index contributed by atoms with van der Waals surface area (Å²) < 4.78 is 2.32. The van der Waals surface area contributed by atoms with Gasteiger partial charge in [-0.1, -0.05) is 6.42 Å². The van der Waals surface area contributed by atoms with Crippen LogP contribution in [0.4, 0.5) is 0 Å². The molecule has 0 amide bonds. The predicted molar refractivity (Wildman–Crippen MR) is 71.8 cm³/mol. The molecule has 0 radical (unpaired) electrons. The van der Waals surface area contributed by atoms with E-state index in [1.54, 1.807) is 0 Å². The SMILES string of the molecule is CSCCc1[nH]cc[n+]1CCCCCCC#N. The number of nitriles is 1. The van der Waals surface area contributed by atoms with Crippen molar-refractivity contribution in [1.82, 2.24) is 4.98 Å². The summed E-state index contributed by atoms with van der Waals surface area (Å²) in [5.41, 5.74) is 0. The molecule has 0 bridgehead atoms. The summed E-state index contributed by atoms with van der Waals surface area (Å²) in [6, 6.07) is 2.19. The van der Waals surface area contributed by atoms with Crippen LogP contribution >= 0.6 is 11.8 Å². The topological polar surface area (TPSA) is 43.5 Å². The van der Waals surface area contributed by atoms with Crippen molar-refractivity contribution in [2.75, 3.05) is 12.0 Å². The standard InChI is InChI=1S/C13H21N3S/c1-17-12-7-13-15-9-11-16(13)10-6-4-2-3-5-8-14/h9,11H,2-7,10,12H2,1H3/p+1. The van der Waals surface area contributed by atoms with E-state index in [-0.39, 0.29) is 0 Å². The fraction of sp³-hybridized carbons (Fsp3) is 0.692. The molecule has 0 saturated carbocycles. The Hall–Kier alpha value is -0.950. The van der Waals surface area contributed by atoms with Crippen LogP contribution in [0.1, 0.15) is 37.9 Å². The van der Waals surface area contributed by atoms with Crippen molar-refractivity contribution in [2.24, 2.45) is 0 Å². The van der Waals surface area contributed by atoms with E-state index in [1.165, 1.54) is 30.8 Å². The quantitative estimate of drug-likeness (QED) is 0.542. The Morgan fingerprint density at radius 2 is 2.18 bits per heavy atom. The van der Waals surface area contributed by atoms with E-state index in [0.717, 1.165) is 19.4 Å². The van der Waals surface area contributed by atoms with Gasteiger partial charge in [0.2, 0.25) is 0 Å². The zero-order valence-electron chi connectivity index (χ0n) is 10.6. The molecular weight excluding hydrogens is 230 g/mol. The monoisotopic (exact) mass is 252 g/mol. The normalized spacial score (nSPS) is 10.4. The average molecular weight is 252 g/mol. The van der Waals surface area contributed by atoms with Gasteiger partial charge in [-0.15, -0.1) is 0 Å². The fourth-order valence-electron chi connectivity index (χ4n) is 1.86. The molecule has 1 N–H and O–H groups in total. The van der Waals surface area contributed by atoms with Crippen molar-refractivity contribution < 1.29 is 4.57 Å². The van der Waals surface area contributed by atoms with Gasteiger partial charge in [0.05, 0.1) is 19.0 Å². The number of aromatic nitrogens is 2. The second-order valence-electron chi connectivity index (χ2n) is 4.17. The molecule has 94 valence electrons. The molecule has 1 aromatic heterocycles. The van der Waals surface area contributed by atoms with Crippen molar-refractivity contribution in [1.29, 1.82) is 5.26 Å². The predicted octanol–water partition coefficient (Wildman–Crippen LogP) is 2.68. The maximum absolute atomic E-state index is 8.43. The van der Waals surface area contributed by atoms with Crippen LogP contribution in [-0.4, -0.2) is 17.0 Å². The van der Waals surface area contributed by atoms with Gasteiger partial charge in [-0.3, -0.25) is 0 Å². The minimum absolute atomic E-state index is 0.705. The second-order valence-corrected chi connectivity index (χ2v) is 5.15. The molecule has 1 rings (SSSR count). The molecule has 0 aliphatic rings. The molecule has 0 aliphatic heterocycles. The summed E-state index contributed by atoms with van der Waals surface area (Å²) >= 11 is 1.88. The van der Waals surface area contributed by atoms with Crippen molar-refractivity contribution in [3.05, 3.63) is 18.2 Å². The number of rotatable bonds is 9. The molecule has 3 nitrogen and oxygen atoms in total. The summed E-state index contributed by atoms with van der Waals surface area (Å²) in [4.78, 5) is 3.31. The lowest BCUT2D eigenvalue weighted by molar-refractivity contribution is -0.703. The number of unbranched alkanes of at least 4 members (excludes halogenated alkanes) is 4. The minimum atomic E-state index is 0.705. The first-order valence-electron chi connectivity index (χ1n) is 6.30. The third-order valence-electron chi connectivity index (χ3n) is 2.83. The highest BCUT2D eigenvalue weighted by Crippen LogP contribution is 2.03. The number of nitrogens with zero attached hydrogens (tertiary/aromatic N) is 2. The first-order chi connectivity index (χ1) is 8.38. The molecule has 1 aromatic rings. The summed E-state index contributed by atoms with van der Waals surface area (Å²) in [5.74, 6) is 2.50. The molecule has 0 spiro atoms.